The van der Waals surface area contributed by atoms with Crippen LogP contribution in [-0.2, 0) is 9.59 Å². The fraction of sp³-hybridized carbons (Fsp3) is 0.500. The minimum atomic E-state index is -1.62. The summed E-state index contributed by atoms with van der Waals surface area (Å²) in [6.07, 6.45) is -4.43. The van der Waals surface area contributed by atoms with Gasteiger partial charge in [-0.1, -0.05) is 11.6 Å². The highest BCUT2D eigenvalue weighted by Gasteiger charge is 2.29. The lowest BCUT2D eigenvalue weighted by atomic mass is 10.0. The first-order chi connectivity index (χ1) is 12.0. The Morgan fingerprint density at radius 2 is 1.73 bits per heavy atom. The van der Waals surface area contributed by atoms with Crippen LogP contribution in [0.15, 0.2) is 24.3 Å². The Kier molecular flexibility index (Phi) is 10.3. The highest BCUT2D eigenvalue weighted by molar-refractivity contribution is 6.30. The van der Waals surface area contributed by atoms with Gasteiger partial charge in [0, 0.05) is 5.02 Å². The Morgan fingerprint density at radius 3 is 2.12 bits per heavy atom. The van der Waals surface area contributed by atoms with Gasteiger partial charge in [-0.3, -0.25) is 0 Å². The van der Waals surface area contributed by atoms with E-state index in [-0.39, 0.29) is 6.29 Å². The van der Waals surface area contributed by atoms with Gasteiger partial charge < -0.3 is 40.8 Å². The molecule has 0 amide bonds. The monoisotopic (exact) mass is 393 g/mol. The van der Waals surface area contributed by atoms with Gasteiger partial charge in [0.15, 0.2) is 5.60 Å². The van der Waals surface area contributed by atoms with E-state index in [0.29, 0.717) is 10.8 Å². The fourth-order valence-corrected chi connectivity index (χ4v) is 1.61. The van der Waals surface area contributed by atoms with Crippen molar-refractivity contribution in [3.63, 3.8) is 0 Å². The van der Waals surface area contributed by atoms with Crippen LogP contribution in [0.25, 0.3) is 0 Å². The van der Waals surface area contributed by atoms with Crippen molar-refractivity contribution in [1.82, 2.24) is 0 Å². The molecule has 0 fully saturated rings. The van der Waals surface area contributed by atoms with Crippen molar-refractivity contribution in [2.75, 3.05) is 6.61 Å². The molecule has 0 aliphatic rings. The molecular weight excluding hydrogens is 370 g/mol. The summed E-state index contributed by atoms with van der Waals surface area (Å²) in [6, 6.07) is 5.30. The molecule has 4 unspecified atom stereocenters. The smallest absolute Gasteiger partial charge is 0.347 e. The van der Waals surface area contributed by atoms with E-state index in [1.807, 2.05) is 0 Å². The van der Waals surface area contributed by atoms with Crippen molar-refractivity contribution in [3.8, 4) is 5.75 Å². The lowest BCUT2D eigenvalue weighted by Crippen LogP contribution is -2.49. The second kappa shape index (κ2) is 11.1. The van der Waals surface area contributed by atoms with Gasteiger partial charge in [-0.25, -0.2) is 4.79 Å². The molecule has 0 aliphatic heterocycles. The van der Waals surface area contributed by atoms with E-state index in [2.05, 4.69) is 0 Å². The molecule has 26 heavy (non-hydrogen) atoms. The SMILES string of the molecule is CC(C)(Oc1ccc(Cl)cc1)C(=O)O.NC(C=O)C(O)C(O)C(O)CO. The number of aliphatic hydroxyl groups is 4. The van der Waals surface area contributed by atoms with Gasteiger partial charge in [0.05, 0.1) is 12.6 Å². The Labute approximate surface area is 155 Å². The Bertz CT molecular complexity index is 566. The zero-order valence-corrected chi connectivity index (χ0v) is 15.1. The Morgan fingerprint density at radius 1 is 1.23 bits per heavy atom. The highest BCUT2D eigenvalue weighted by atomic mass is 35.5. The zero-order chi connectivity index (χ0) is 20.5. The van der Waals surface area contributed by atoms with E-state index in [0.717, 1.165) is 0 Å². The van der Waals surface area contributed by atoms with E-state index >= 15 is 0 Å². The van der Waals surface area contributed by atoms with Gasteiger partial charge in [0.25, 0.3) is 0 Å². The van der Waals surface area contributed by atoms with Crippen LogP contribution in [-0.4, -0.2) is 74.3 Å². The Balaban J connectivity index is 0.000000488. The molecule has 0 spiro atoms. The number of ether oxygens (including phenoxy) is 1. The first-order valence-corrected chi connectivity index (χ1v) is 7.88. The maximum Gasteiger partial charge on any atom is 0.347 e. The van der Waals surface area contributed by atoms with Crippen molar-refractivity contribution in [3.05, 3.63) is 29.3 Å². The summed E-state index contributed by atoms with van der Waals surface area (Å²) in [6.45, 7) is 2.28. The zero-order valence-electron chi connectivity index (χ0n) is 14.3. The number of benzene rings is 1. The minimum absolute atomic E-state index is 0.248. The van der Waals surface area contributed by atoms with Crippen LogP contribution in [0.3, 0.4) is 0 Å². The second-order valence-corrected chi connectivity index (χ2v) is 6.25. The summed E-state index contributed by atoms with van der Waals surface area (Å²) in [5, 5.41) is 44.6. The molecule has 7 N–H and O–H groups in total. The molecule has 9 nitrogen and oxygen atoms in total. The van der Waals surface area contributed by atoms with Crippen LogP contribution in [0.4, 0.5) is 0 Å². The van der Waals surface area contributed by atoms with Gasteiger partial charge in [-0.15, -0.1) is 0 Å². The third kappa shape index (κ3) is 8.09. The first-order valence-electron chi connectivity index (χ1n) is 7.50. The number of hydrogen-bond donors (Lipinski definition) is 6. The van der Waals surface area contributed by atoms with Gasteiger partial charge in [-0.2, -0.15) is 0 Å². The van der Waals surface area contributed by atoms with E-state index in [1.165, 1.54) is 13.8 Å². The van der Waals surface area contributed by atoms with Crippen LogP contribution in [0.5, 0.6) is 5.75 Å². The molecule has 0 aromatic heterocycles. The molecule has 0 bridgehead atoms. The Hall–Kier alpha value is -1.75. The highest BCUT2D eigenvalue weighted by Crippen LogP contribution is 2.20. The number of hydrogen-bond acceptors (Lipinski definition) is 8. The molecule has 0 saturated heterocycles. The maximum atomic E-state index is 10.7. The molecule has 0 saturated carbocycles. The van der Waals surface area contributed by atoms with Crippen molar-refractivity contribution >= 4 is 23.9 Å². The summed E-state index contributed by atoms with van der Waals surface area (Å²) >= 11 is 5.67. The van der Waals surface area contributed by atoms with E-state index in [9.17, 15) is 9.59 Å². The maximum absolute atomic E-state index is 10.7. The van der Waals surface area contributed by atoms with Crippen LogP contribution < -0.4 is 10.5 Å². The summed E-state index contributed by atoms with van der Waals surface area (Å²) < 4.78 is 5.26. The van der Waals surface area contributed by atoms with E-state index in [4.69, 9.17) is 47.6 Å². The second-order valence-electron chi connectivity index (χ2n) is 5.82. The fourth-order valence-electron chi connectivity index (χ4n) is 1.48. The van der Waals surface area contributed by atoms with Gasteiger partial charge in [0.2, 0.25) is 0 Å². The summed E-state index contributed by atoms with van der Waals surface area (Å²) in [7, 11) is 0. The third-order valence-corrected chi connectivity index (χ3v) is 3.44. The molecule has 148 valence electrons. The van der Waals surface area contributed by atoms with Gasteiger partial charge >= 0.3 is 5.97 Å². The first kappa shape index (κ1) is 24.2. The standard InChI is InChI=1S/C10H11ClO3.C6H13NO5/c1-10(2,9(12)13)14-8-5-3-7(11)4-6-8;7-3(1-8)5(11)6(12)4(10)2-9/h3-6H,1-2H3,(H,12,13);1,3-6,9-12H,2,7H2. The lowest BCUT2D eigenvalue weighted by Gasteiger charge is -2.23. The number of nitrogens with two attached hydrogens (primary N) is 1. The number of halogens is 1. The summed E-state index contributed by atoms with van der Waals surface area (Å²) in [5.41, 5.74) is 3.81. The minimum Gasteiger partial charge on any atom is -0.478 e. The molecular formula is C16H24ClNO8. The number of aliphatic hydroxyl groups excluding tert-OH is 4. The number of carbonyl (C=O) groups excluding carboxylic acids is 1. The van der Waals surface area contributed by atoms with Crippen molar-refractivity contribution < 1.29 is 39.9 Å². The molecule has 4 atom stereocenters. The van der Waals surface area contributed by atoms with Gasteiger partial charge in [0.1, 0.15) is 30.3 Å². The van der Waals surface area contributed by atoms with E-state index < -0.39 is 42.5 Å². The van der Waals surface area contributed by atoms with Crippen LogP contribution in [0, 0.1) is 0 Å². The van der Waals surface area contributed by atoms with Gasteiger partial charge in [-0.05, 0) is 38.1 Å². The van der Waals surface area contributed by atoms with Crippen LogP contribution >= 0.6 is 11.6 Å². The predicted molar refractivity (Wildman–Crippen MR) is 92.9 cm³/mol. The average molecular weight is 394 g/mol. The molecule has 0 aliphatic carbocycles. The summed E-state index contributed by atoms with van der Waals surface area (Å²) in [4.78, 5) is 20.8. The van der Waals surface area contributed by atoms with Crippen molar-refractivity contribution in [1.29, 1.82) is 0 Å². The molecule has 1 aromatic carbocycles. The van der Waals surface area contributed by atoms with Crippen molar-refractivity contribution in [2.24, 2.45) is 5.73 Å². The van der Waals surface area contributed by atoms with Crippen LogP contribution in [0.1, 0.15) is 13.8 Å². The van der Waals surface area contributed by atoms with E-state index in [1.54, 1.807) is 24.3 Å². The largest absolute Gasteiger partial charge is 0.478 e. The van der Waals surface area contributed by atoms with Crippen molar-refractivity contribution in [2.45, 2.75) is 43.8 Å². The topological polar surface area (TPSA) is 171 Å². The predicted octanol–water partition coefficient (Wildman–Crippen LogP) is -0.830. The lowest BCUT2D eigenvalue weighted by molar-refractivity contribution is -0.152. The van der Waals surface area contributed by atoms with Crippen LogP contribution in [0.2, 0.25) is 5.02 Å². The third-order valence-electron chi connectivity index (χ3n) is 3.18. The number of carbonyl (C=O) groups is 2. The molecule has 1 aromatic rings. The molecule has 0 heterocycles. The number of aliphatic carboxylic acids is 1. The number of rotatable bonds is 8. The quantitative estimate of drug-likeness (QED) is 0.308. The number of carboxylic acids is 1. The average Bonchev–Trinajstić information content (AvgIpc) is 2.61. The molecule has 1 rings (SSSR count). The molecule has 10 heteroatoms. The summed E-state index contributed by atoms with van der Waals surface area (Å²) in [5.74, 6) is -0.519. The normalized spacial score (nSPS) is 15.7. The number of aldehydes is 1. The number of carboxylic acid groups (broad SMARTS) is 1. The molecule has 0 radical (unpaired) electrons.